The summed E-state index contributed by atoms with van der Waals surface area (Å²) < 4.78 is 403. The summed E-state index contributed by atoms with van der Waals surface area (Å²) in [6, 6.07) is 0. The van der Waals surface area contributed by atoms with E-state index in [4.69, 9.17) is 0 Å². The molecule has 0 aromatic rings. The molecule has 0 aliphatic carbocycles. The summed E-state index contributed by atoms with van der Waals surface area (Å²) in [4.78, 5) is 23.0. The molecule has 0 bridgehead atoms. The molecular weight excluding hydrogens is 1060 g/mol. The first kappa shape index (κ1) is 66.7. The Labute approximate surface area is 357 Å². The van der Waals surface area contributed by atoms with Gasteiger partial charge < -0.3 is 9.47 Å². The Bertz CT molecular complexity index is 1550. The topological polar surface area (TPSA) is 98.8 Å². The van der Waals surface area contributed by atoms with Crippen LogP contribution in [0.2, 0.25) is 0 Å². The molecule has 0 heterocycles. The van der Waals surface area contributed by atoms with Gasteiger partial charge in [-0.05, 0) is 40.5 Å². The molecule has 0 aromatic heterocycles. The molecule has 0 spiro atoms. The highest BCUT2D eigenvalue weighted by Crippen LogP contribution is 2.58. The molecule has 0 unspecified atom stereocenters. The highest BCUT2D eigenvalue weighted by atomic mass is 19.4. The van der Waals surface area contributed by atoms with E-state index in [1.807, 2.05) is 0 Å². The highest BCUT2D eigenvalue weighted by Gasteiger charge is 2.86. The van der Waals surface area contributed by atoms with Crippen molar-refractivity contribution in [3.05, 3.63) is 0 Å². The zero-order valence-electron chi connectivity index (χ0n) is 33.5. The Hall–Kier alpha value is -3.36. The number of hydrogen-bond donors (Lipinski definition) is 0. The van der Waals surface area contributed by atoms with E-state index in [9.17, 15) is 141 Å². The van der Waals surface area contributed by atoms with Crippen LogP contribution >= 0.6 is 0 Å². The lowest BCUT2D eigenvalue weighted by Gasteiger charge is -2.36. The Morgan fingerprint density at radius 2 is 0.647 bits per heavy atom. The largest absolute Gasteiger partial charge is 0.493 e. The summed E-state index contributed by atoms with van der Waals surface area (Å²) in [6.07, 6.45) is -72.8. The van der Waals surface area contributed by atoms with Crippen LogP contribution in [0.25, 0.3) is 0 Å². The van der Waals surface area contributed by atoms with Crippen molar-refractivity contribution >= 4 is 11.9 Å². The average Bonchev–Trinajstić information content (AvgIpc) is 3.08. The van der Waals surface area contributed by atoms with Crippen LogP contribution in [-0.2, 0) is 42.7 Å². The lowest BCUT2D eigenvalue weighted by Crippen LogP contribution is -2.64. The summed E-state index contributed by atoms with van der Waals surface area (Å²) in [5, 5.41) is 0. The molecule has 0 aliphatic rings. The molecule has 0 amide bonds. The van der Waals surface area contributed by atoms with Crippen LogP contribution in [0.3, 0.4) is 0 Å². The van der Waals surface area contributed by atoms with Gasteiger partial charge in [0.25, 0.3) is 0 Å². The van der Waals surface area contributed by atoms with Crippen molar-refractivity contribution in [1.82, 2.24) is 0 Å². The van der Waals surface area contributed by atoms with Gasteiger partial charge in [-0.25, -0.2) is 18.9 Å². The molecule has 0 aliphatic heterocycles. The summed E-state index contributed by atoms with van der Waals surface area (Å²) in [6.45, 7) is 4.32. The normalized spacial score (nSPS) is 15.5. The van der Waals surface area contributed by atoms with Crippen LogP contribution in [0.5, 0.6) is 0 Å². The van der Waals surface area contributed by atoms with Crippen molar-refractivity contribution in [3.63, 3.8) is 0 Å². The number of carbonyl (C=O) groups is 2. The minimum absolute atomic E-state index is 0.0343. The summed E-state index contributed by atoms with van der Waals surface area (Å²) in [5.74, 6) is -33.9. The van der Waals surface area contributed by atoms with Crippen LogP contribution in [0.15, 0.2) is 0 Å². The molecular formula is C29H28F30O9. The number of carbonyl (C=O) groups excluding carboxylic acids is 2. The van der Waals surface area contributed by atoms with Gasteiger partial charge in [0.2, 0.25) is 6.79 Å². The number of halogens is 30. The van der Waals surface area contributed by atoms with Gasteiger partial charge in [-0.3, -0.25) is 14.3 Å². The quantitative estimate of drug-likeness (QED) is 0.0532. The zero-order chi connectivity index (χ0) is 55.6. The second-order valence-corrected chi connectivity index (χ2v) is 14.0. The fraction of sp³-hybridized carbons (Fsp3) is 0.931. The smallest absolute Gasteiger partial charge is 0.465 e. The van der Waals surface area contributed by atoms with Crippen molar-refractivity contribution in [2.75, 3.05) is 13.4 Å². The van der Waals surface area contributed by atoms with Crippen molar-refractivity contribution < 1.29 is 174 Å². The zero-order valence-corrected chi connectivity index (χ0v) is 33.5. The van der Waals surface area contributed by atoms with Crippen molar-refractivity contribution in [1.29, 1.82) is 0 Å². The molecule has 39 heteroatoms. The summed E-state index contributed by atoms with van der Waals surface area (Å²) >= 11 is 0. The summed E-state index contributed by atoms with van der Waals surface area (Å²) in [5.41, 5.74) is -2.62. The second-order valence-electron chi connectivity index (χ2n) is 14.0. The van der Waals surface area contributed by atoms with Gasteiger partial charge >= 0.3 is 97.0 Å². The van der Waals surface area contributed by atoms with Gasteiger partial charge in [0, 0.05) is 0 Å². The fourth-order valence-electron chi connectivity index (χ4n) is 2.92. The molecule has 0 radical (unpaired) electrons. The van der Waals surface area contributed by atoms with Gasteiger partial charge in [0.15, 0.2) is 0 Å². The molecule has 0 saturated heterocycles. The molecule has 0 fully saturated rings. The van der Waals surface area contributed by atoms with Crippen LogP contribution in [0.4, 0.5) is 132 Å². The minimum atomic E-state index is -7.95. The van der Waals surface area contributed by atoms with Crippen LogP contribution < -0.4 is 0 Å². The number of ether oxygens (including phenoxy) is 7. The Morgan fingerprint density at radius 1 is 0.368 bits per heavy atom. The van der Waals surface area contributed by atoms with E-state index in [0.717, 1.165) is 0 Å². The number of rotatable bonds is 24. The number of esters is 2. The van der Waals surface area contributed by atoms with Gasteiger partial charge in [-0.1, -0.05) is 13.8 Å². The van der Waals surface area contributed by atoms with Gasteiger partial charge in [0.05, 0.1) is 23.9 Å². The molecule has 0 N–H and O–H groups in total. The minimum Gasteiger partial charge on any atom is -0.465 e. The fourth-order valence-corrected chi connectivity index (χ4v) is 2.92. The van der Waals surface area contributed by atoms with Crippen LogP contribution in [0, 0.1) is 10.8 Å². The van der Waals surface area contributed by atoms with Gasteiger partial charge in [0.1, 0.15) is 0 Å². The first-order chi connectivity index (χ1) is 29.2. The molecule has 0 atom stereocenters. The van der Waals surface area contributed by atoms with E-state index in [1.165, 1.54) is 51.0 Å². The van der Waals surface area contributed by atoms with E-state index < -0.39 is 128 Å². The van der Waals surface area contributed by atoms with E-state index >= 15 is 0 Å². The molecule has 0 rings (SSSR count). The van der Waals surface area contributed by atoms with Crippen molar-refractivity contribution in [2.45, 2.75) is 146 Å². The predicted octanol–water partition coefficient (Wildman–Crippen LogP) is 12.7. The third-order valence-electron chi connectivity index (χ3n) is 7.86. The number of hydrogen-bond acceptors (Lipinski definition) is 9. The Kier molecular flexibility index (Phi) is 20.0. The van der Waals surface area contributed by atoms with Crippen molar-refractivity contribution in [2.24, 2.45) is 10.8 Å². The lowest BCUT2D eigenvalue weighted by atomic mass is 9.91. The number of alkyl halides is 30. The predicted molar refractivity (Wildman–Crippen MR) is 152 cm³/mol. The second kappa shape index (κ2) is 20.4. The maximum atomic E-state index is 13.4. The SMILES string of the molecule is CCC(C)(C)C(=O)OCCC(F)(F)OC(F)(F)C(F)(F)OC(F)(F)C(F)(F)C(F)(F)C(F)(F)F.CCC(C)(C)C(=O)OCOC(F)(F)OC(F)(F)C(F)(F)OC(F)(F)C(F)(F)C(F)(F)C(F)(F)F. The van der Waals surface area contributed by atoms with Crippen molar-refractivity contribution in [3.8, 4) is 0 Å². The van der Waals surface area contributed by atoms with Crippen LogP contribution in [0.1, 0.15) is 60.8 Å². The third-order valence-corrected chi connectivity index (χ3v) is 7.86. The molecule has 68 heavy (non-hydrogen) atoms. The molecule has 408 valence electrons. The molecule has 0 aromatic carbocycles. The third kappa shape index (κ3) is 15.3. The van der Waals surface area contributed by atoms with Crippen LogP contribution in [-0.4, -0.2) is 110 Å². The average molecular weight is 1090 g/mol. The first-order valence-electron chi connectivity index (χ1n) is 16.7. The van der Waals surface area contributed by atoms with E-state index in [-0.39, 0.29) is 12.8 Å². The van der Waals surface area contributed by atoms with E-state index in [1.54, 1.807) is 0 Å². The Balaban J connectivity index is 0. The molecule has 9 nitrogen and oxygen atoms in total. The van der Waals surface area contributed by atoms with E-state index in [0.29, 0.717) is 0 Å². The maximum Gasteiger partial charge on any atom is 0.493 e. The van der Waals surface area contributed by atoms with E-state index in [2.05, 4.69) is 23.7 Å². The van der Waals surface area contributed by atoms with Gasteiger partial charge in [-0.15, -0.1) is 8.78 Å². The molecule has 0 saturated carbocycles. The monoisotopic (exact) mass is 1090 g/mol. The Morgan fingerprint density at radius 3 is 0.941 bits per heavy atom. The summed E-state index contributed by atoms with van der Waals surface area (Å²) in [7, 11) is 0. The highest BCUT2D eigenvalue weighted by molar-refractivity contribution is 5.76. The van der Waals surface area contributed by atoms with Gasteiger partial charge in [-0.2, -0.15) is 123 Å². The maximum absolute atomic E-state index is 13.4. The first-order valence-corrected chi connectivity index (χ1v) is 16.7. The lowest BCUT2D eigenvalue weighted by molar-refractivity contribution is -0.564. The standard InChI is InChI=1S/C15H15F15O4.C14H13F15O5/c1-4-8(2,3)7(31)32-6-5-9(16,17)33-14(27,28)15(29,30)34-13(25,26)11(20,21)10(18,19)12(22,23)24;1-4-7(2,3)6(30)31-5-32-14(28,29)34-13(26,27)12(24,25)33-11(22,23)9(17,18)8(15,16)10(19,20)21/h4-6H2,1-3H3;4-5H2,1-3H3.